The van der Waals surface area contributed by atoms with Gasteiger partial charge >= 0.3 is 0 Å². The molecule has 4 aromatic rings. The van der Waals surface area contributed by atoms with E-state index in [0.29, 0.717) is 6.04 Å². The molecule has 1 aliphatic heterocycles. The van der Waals surface area contributed by atoms with Crippen LogP contribution in [0.1, 0.15) is 88.9 Å². The number of imidazole rings is 1. The lowest BCUT2D eigenvalue weighted by Gasteiger charge is -2.17. The number of halogens is 1. The molecular weight excluding hydrogens is 397 g/mol. The summed E-state index contributed by atoms with van der Waals surface area (Å²) in [6, 6.07) is 8.55. The zero-order chi connectivity index (χ0) is 22.8. The molecule has 1 atom stereocenters. The first-order valence-corrected chi connectivity index (χ1v) is 12.3. The summed E-state index contributed by atoms with van der Waals surface area (Å²) >= 11 is 0. The molecule has 1 aliphatic rings. The van der Waals surface area contributed by atoms with Crippen LogP contribution in [0.2, 0.25) is 0 Å². The first-order chi connectivity index (χ1) is 15.2. The summed E-state index contributed by atoms with van der Waals surface area (Å²) in [5.41, 5.74) is 8.22. The minimum atomic E-state index is -0.181. The van der Waals surface area contributed by atoms with Gasteiger partial charge in [0.1, 0.15) is 11.9 Å². The minimum Gasteiger partial charge on any atom is -0.220 e. The molecule has 0 radical (unpaired) electrons. The predicted molar refractivity (Wildman–Crippen MR) is 130 cm³/mol. The Kier molecular flexibility index (Phi) is 5.03. The third kappa shape index (κ3) is 3.14. The predicted octanol–water partition coefficient (Wildman–Crippen LogP) is 6.91. The Morgan fingerprint density at radius 2 is 1.94 bits per heavy atom. The maximum absolute atomic E-state index is 14.6. The maximum atomic E-state index is 14.6. The van der Waals surface area contributed by atoms with Gasteiger partial charge in [0.05, 0.1) is 10.9 Å². The van der Waals surface area contributed by atoms with Crippen LogP contribution in [0, 0.1) is 12.7 Å². The highest BCUT2D eigenvalue weighted by Gasteiger charge is 2.36. The van der Waals surface area contributed by atoms with Crippen LogP contribution in [0.25, 0.3) is 27.6 Å². The molecule has 3 nitrogen and oxygen atoms in total. The smallest absolute Gasteiger partial charge is 0.220 e. The number of hydrogen-bond donors (Lipinski definition) is 0. The Bertz CT molecular complexity index is 1360. The molecule has 0 saturated heterocycles. The van der Waals surface area contributed by atoms with Gasteiger partial charge in [-0.25, -0.2) is 13.9 Å². The maximum Gasteiger partial charge on any atom is 0.298 e. The van der Waals surface area contributed by atoms with Crippen LogP contribution in [-0.4, -0.2) is 9.38 Å². The molecule has 0 fully saturated rings. The van der Waals surface area contributed by atoms with Crippen molar-refractivity contribution in [3.05, 3.63) is 52.6 Å². The molecule has 2 aromatic heterocycles. The number of unbranched alkanes of at least 4 members (excludes halogenated alkanes) is 1. The highest BCUT2D eigenvalue weighted by atomic mass is 19.1. The number of aromatic nitrogens is 3. The van der Waals surface area contributed by atoms with E-state index >= 15 is 0 Å². The van der Waals surface area contributed by atoms with Crippen LogP contribution < -0.4 is 4.57 Å². The molecule has 168 valence electrons. The Morgan fingerprint density at radius 1 is 1.16 bits per heavy atom. The molecule has 1 unspecified atom stereocenters. The summed E-state index contributed by atoms with van der Waals surface area (Å²) in [6.45, 7) is 13.4. The van der Waals surface area contributed by atoms with Crippen molar-refractivity contribution < 1.29 is 8.96 Å². The van der Waals surface area contributed by atoms with E-state index in [4.69, 9.17) is 4.98 Å². The lowest BCUT2D eigenvalue weighted by molar-refractivity contribution is -0.674. The van der Waals surface area contributed by atoms with Crippen molar-refractivity contribution in [1.82, 2.24) is 9.38 Å². The second kappa shape index (κ2) is 7.54. The van der Waals surface area contributed by atoms with Crippen LogP contribution in [0.5, 0.6) is 0 Å². The van der Waals surface area contributed by atoms with E-state index in [0.717, 1.165) is 48.0 Å². The zero-order valence-corrected chi connectivity index (χ0v) is 20.3. The van der Waals surface area contributed by atoms with Crippen molar-refractivity contribution in [3.8, 4) is 0 Å². The van der Waals surface area contributed by atoms with Crippen molar-refractivity contribution >= 4 is 27.6 Å². The van der Waals surface area contributed by atoms with Crippen molar-refractivity contribution in [1.29, 1.82) is 0 Å². The average molecular weight is 433 g/mol. The second-order valence-electron chi connectivity index (χ2n) is 10.6. The van der Waals surface area contributed by atoms with Crippen molar-refractivity contribution in [2.75, 3.05) is 0 Å². The third-order valence-corrected chi connectivity index (χ3v) is 7.25. The van der Waals surface area contributed by atoms with Gasteiger partial charge in [-0.1, -0.05) is 41.0 Å². The summed E-state index contributed by atoms with van der Waals surface area (Å²) in [5.74, 6) is 0.817. The Balaban J connectivity index is 2.04. The lowest BCUT2D eigenvalue weighted by Crippen LogP contribution is -2.39. The SMILES string of the molecule is CCCCc1cc2c(cc1C)n1c(C(C)(C)C)nc3cc(F)cc4c3c1[n+]2C(CC)CC4. The first kappa shape index (κ1) is 21.4. The quantitative estimate of drug-likeness (QED) is 0.321. The van der Waals surface area contributed by atoms with Gasteiger partial charge in [0.2, 0.25) is 5.82 Å². The van der Waals surface area contributed by atoms with Crippen LogP contribution in [-0.2, 0) is 18.3 Å². The number of rotatable bonds is 4. The molecule has 3 heterocycles. The van der Waals surface area contributed by atoms with Gasteiger partial charge in [-0.2, -0.15) is 4.40 Å². The number of nitrogens with zero attached hydrogens (tertiary/aromatic N) is 3. The summed E-state index contributed by atoms with van der Waals surface area (Å²) in [7, 11) is 0. The van der Waals surface area contributed by atoms with Crippen LogP contribution in [0.15, 0.2) is 24.3 Å². The molecule has 0 aliphatic carbocycles. The van der Waals surface area contributed by atoms with Gasteiger partial charge in [-0.05, 0) is 73.9 Å². The topological polar surface area (TPSA) is 21.2 Å². The zero-order valence-electron chi connectivity index (χ0n) is 20.3. The third-order valence-electron chi connectivity index (χ3n) is 7.25. The van der Waals surface area contributed by atoms with Crippen LogP contribution in [0.4, 0.5) is 4.39 Å². The number of aryl methyl sites for hydroxylation is 3. The highest BCUT2D eigenvalue weighted by Crippen LogP contribution is 2.36. The molecule has 0 amide bonds. The van der Waals surface area contributed by atoms with Gasteiger partial charge in [0.25, 0.3) is 5.65 Å². The molecule has 5 rings (SSSR count). The number of hydrogen-bond acceptors (Lipinski definition) is 1. The largest absolute Gasteiger partial charge is 0.298 e. The fourth-order valence-electron chi connectivity index (χ4n) is 5.58. The minimum absolute atomic E-state index is 0.173. The number of fused-ring (bicyclic) bond motifs is 3. The molecule has 0 N–H and O–H groups in total. The lowest BCUT2D eigenvalue weighted by atomic mass is 9.94. The van der Waals surface area contributed by atoms with E-state index in [-0.39, 0.29) is 11.2 Å². The van der Waals surface area contributed by atoms with Gasteiger partial charge in [0, 0.05) is 11.5 Å². The monoisotopic (exact) mass is 432 g/mol. The molecular formula is C28H35FN3+. The van der Waals surface area contributed by atoms with Crippen LogP contribution >= 0.6 is 0 Å². The Morgan fingerprint density at radius 3 is 2.62 bits per heavy atom. The van der Waals surface area contributed by atoms with Crippen molar-refractivity contribution in [2.24, 2.45) is 0 Å². The molecule has 0 bridgehead atoms. The standard InChI is InChI=1S/C28H35FN3/c1-7-9-10-18-15-24-23(13-17(18)3)32-26-25-19(11-12-21(8-2)31(24)26)14-20(29)16-22(25)30-27(32)28(4,5)6/h13-16,21H,7-12H2,1-6H3/q+1. The summed E-state index contributed by atoms with van der Waals surface area (Å²) < 4.78 is 19.6. The molecule has 0 spiro atoms. The van der Waals surface area contributed by atoms with E-state index in [1.165, 1.54) is 40.6 Å². The molecule has 0 saturated carbocycles. The van der Waals surface area contributed by atoms with E-state index in [9.17, 15) is 4.39 Å². The Labute approximate surface area is 190 Å². The summed E-state index contributed by atoms with van der Waals surface area (Å²) in [5, 5.41) is 1.12. The summed E-state index contributed by atoms with van der Waals surface area (Å²) in [4.78, 5) is 5.10. The molecule has 32 heavy (non-hydrogen) atoms. The first-order valence-electron chi connectivity index (χ1n) is 12.3. The fourth-order valence-corrected chi connectivity index (χ4v) is 5.58. The van der Waals surface area contributed by atoms with Crippen molar-refractivity contribution in [3.63, 3.8) is 0 Å². The van der Waals surface area contributed by atoms with E-state index in [1.54, 1.807) is 12.1 Å². The number of benzene rings is 2. The fraction of sp³-hybridized carbons (Fsp3) is 0.500. The van der Waals surface area contributed by atoms with Gasteiger partial charge in [-0.15, -0.1) is 0 Å². The normalized spacial score (nSPS) is 16.5. The van der Waals surface area contributed by atoms with Gasteiger partial charge in [-0.3, -0.25) is 0 Å². The van der Waals surface area contributed by atoms with Crippen LogP contribution in [0.3, 0.4) is 0 Å². The molecule has 4 heteroatoms. The highest BCUT2D eigenvalue weighted by molar-refractivity contribution is 5.96. The second-order valence-corrected chi connectivity index (χ2v) is 10.6. The molecule has 2 aromatic carbocycles. The van der Waals surface area contributed by atoms with Crippen molar-refractivity contribution in [2.45, 2.75) is 91.5 Å². The van der Waals surface area contributed by atoms with E-state index in [1.807, 2.05) is 0 Å². The van der Waals surface area contributed by atoms with Gasteiger partial charge < -0.3 is 0 Å². The van der Waals surface area contributed by atoms with Gasteiger partial charge in [0.15, 0.2) is 11.0 Å². The average Bonchev–Trinajstić information content (AvgIpc) is 2.94. The van der Waals surface area contributed by atoms with E-state index < -0.39 is 0 Å². The Hall–Kier alpha value is -2.49. The van der Waals surface area contributed by atoms with E-state index in [2.05, 4.69) is 62.6 Å². The summed E-state index contributed by atoms with van der Waals surface area (Å²) in [6.07, 6.45) is 6.48.